The summed E-state index contributed by atoms with van der Waals surface area (Å²) in [5, 5.41) is 2.64. The fourth-order valence-electron chi connectivity index (χ4n) is 4.90. The largest absolute Gasteiger partial charge is 0.496 e. The van der Waals surface area contributed by atoms with E-state index in [1.54, 1.807) is 25.3 Å². The topological polar surface area (TPSA) is 91.2 Å². The van der Waals surface area contributed by atoms with Crippen molar-refractivity contribution in [2.75, 3.05) is 20.3 Å². The fraction of sp³-hybridized carbons (Fsp3) is 0.559. The number of amides is 1. The van der Waals surface area contributed by atoms with Crippen LogP contribution in [0, 0.1) is 6.92 Å². The van der Waals surface area contributed by atoms with Gasteiger partial charge in [0, 0.05) is 43.0 Å². The molecule has 0 atom stereocenters. The number of aromatic nitrogens is 2. The number of hydrogen-bond acceptors (Lipinski definition) is 6. The zero-order valence-corrected chi connectivity index (χ0v) is 26.7. The van der Waals surface area contributed by atoms with Crippen molar-refractivity contribution >= 4 is 17.8 Å². The molecule has 0 unspecified atom stereocenters. The van der Waals surface area contributed by atoms with E-state index in [1.807, 2.05) is 22.7 Å². The predicted molar refractivity (Wildman–Crippen MR) is 168 cm³/mol. The van der Waals surface area contributed by atoms with E-state index < -0.39 is 6.61 Å². The van der Waals surface area contributed by atoms with E-state index in [9.17, 15) is 18.4 Å². The van der Waals surface area contributed by atoms with Gasteiger partial charge in [-0.1, -0.05) is 27.2 Å². The van der Waals surface area contributed by atoms with Gasteiger partial charge in [0.1, 0.15) is 22.9 Å². The van der Waals surface area contributed by atoms with Crippen LogP contribution in [0.1, 0.15) is 89.7 Å². The Morgan fingerprint density at radius 3 is 2.32 bits per heavy atom. The Hall–Kier alpha value is -3.53. The molecule has 1 N–H and O–H groups in total. The number of nitrogens with zero attached hydrogens (tertiary/aromatic N) is 2. The van der Waals surface area contributed by atoms with Crippen molar-refractivity contribution < 1.29 is 32.6 Å². The van der Waals surface area contributed by atoms with Crippen LogP contribution >= 0.6 is 0 Å². The van der Waals surface area contributed by atoms with Gasteiger partial charge in [-0.25, -0.2) is 4.98 Å². The highest BCUT2D eigenvalue weighted by molar-refractivity contribution is 5.93. The molecule has 0 radical (unpaired) electrons. The highest BCUT2D eigenvalue weighted by Gasteiger charge is 2.50. The van der Waals surface area contributed by atoms with Crippen LogP contribution in [0.15, 0.2) is 36.7 Å². The molecule has 1 aromatic carbocycles. The molecule has 1 amide bonds. The molecule has 10 heteroatoms. The molecule has 5 rings (SSSR count). The number of alkyl halides is 2. The number of carbonyl (C=O) groups excluding carboxylic acids is 2. The number of methoxy groups -OCH3 is 1. The van der Waals surface area contributed by atoms with Crippen molar-refractivity contribution in [3.05, 3.63) is 47.8 Å². The fourth-order valence-corrected chi connectivity index (χ4v) is 4.90. The molecule has 0 bridgehead atoms. The van der Waals surface area contributed by atoms with Crippen molar-refractivity contribution in [2.45, 2.75) is 104 Å². The summed E-state index contributed by atoms with van der Waals surface area (Å²) < 4.78 is 42.8. The number of halogens is 2. The van der Waals surface area contributed by atoms with Crippen molar-refractivity contribution in [1.29, 1.82) is 0 Å². The SMILES string of the molecule is CCCCC(=O)C1(c2ccn3c(-c4cc(OC)c(C)c(OC(F)F)c4)cnc3c2)CC1.CCCOCCC.O=CNC1CC1. The van der Waals surface area contributed by atoms with Crippen LogP contribution in [-0.4, -0.2) is 54.6 Å². The number of pyridine rings is 1. The first kappa shape index (κ1) is 35.0. The average molecular weight is 616 g/mol. The summed E-state index contributed by atoms with van der Waals surface area (Å²) in [4.78, 5) is 26.8. The molecular formula is C34H47F2N3O5. The van der Waals surface area contributed by atoms with Gasteiger partial charge >= 0.3 is 6.61 Å². The Bertz CT molecular complexity index is 1350. The molecule has 44 heavy (non-hydrogen) atoms. The van der Waals surface area contributed by atoms with Gasteiger partial charge in [0.25, 0.3) is 0 Å². The monoisotopic (exact) mass is 615 g/mol. The van der Waals surface area contributed by atoms with Crippen LogP contribution in [0.4, 0.5) is 8.78 Å². The molecule has 2 aliphatic rings. The smallest absolute Gasteiger partial charge is 0.387 e. The molecule has 2 saturated carbocycles. The van der Waals surface area contributed by atoms with E-state index in [4.69, 9.17) is 9.47 Å². The summed E-state index contributed by atoms with van der Waals surface area (Å²) in [6.07, 6.45) is 13.3. The van der Waals surface area contributed by atoms with Crippen molar-refractivity contribution in [3.63, 3.8) is 0 Å². The maximum Gasteiger partial charge on any atom is 0.387 e. The van der Waals surface area contributed by atoms with Crippen LogP contribution in [0.5, 0.6) is 11.5 Å². The molecule has 2 heterocycles. The van der Waals surface area contributed by atoms with E-state index >= 15 is 0 Å². The van der Waals surface area contributed by atoms with E-state index in [0.717, 1.165) is 69.4 Å². The van der Waals surface area contributed by atoms with Crippen molar-refractivity contribution in [2.24, 2.45) is 0 Å². The molecule has 2 aliphatic carbocycles. The lowest BCUT2D eigenvalue weighted by atomic mass is 9.89. The maximum absolute atomic E-state index is 12.9. The van der Waals surface area contributed by atoms with Crippen LogP contribution < -0.4 is 14.8 Å². The molecule has 0 saturated heterocycles. The summed E-state index contributed by atoms with van der Waals surface area (Å²) >= 11 is 0. The van der Waals surface area contributed by atoms with Gasteiger partial charge in [-0.05, 0) is 81.7 Å². The van der Waals surface area contributed by atoms with Gasteiger partial charge in [-0.3, -0.25) is 14.0 Å². The number of imidazole rings is 1. The number of hydrogen-bond donors (Lipinski definition) is 1. The van der Waals surface area contributed by atoms with Crippen LogP contribution in [0.3, 0.4) is 0 Å². The van der Waals surface area contributed by atoms with Gasteiger partial charge in [-0.2, -0.15) is 8.78 Å². The minimum absolute atomic E-state index is 0.0642. The van der Waals surface area contributed by atoms with Crippen LogP contribution in [-0.2, 0) is 19.7 Å². The lowest BCUT2D eigenvalue weighted by molar-refractivity contribution is -0.121. The molecule has 0 aliphatic heterocycles. The van der Waals surface area contributed by atoms with Gasteiger partial charge in [-0.15, -0.1) is 0 Å². The Balaban J connectivity index is 0.000000338. The first-order valence-corrected chi connectivity index (χ1v) is 15.7. The maximum atomic E-state index is 12.9. The van der Waals surface area contributed by atoms with Gasteiger partial charge in [0.05, 0.1) is 24.4 Å². The van der Waals surface area contributed by atoms with E-state index in [2.05, 4.69) is 35.8 Å². The Kier molecular flexibility index (Phi) is 13.6. The minimum Gasteiger partial charge on any atom is -0.496 e. The number of ketones is 1. The van der Waals surface area contributed by atoms with Gasteiger partial charge in [0.15, 0.2) is 0 Å². The number of benzene rings is 1. The van der Waals surface area contributed by atoms with Gasteiger partial charge < -0.3 is 19.5 Å². The number of fused-ring (bicyclic) bond motifs is 1. The third-order valence-corrected chi connectivity index (χ3v) is 7.73. The number of unbranched alkanes of at least 4 members (excludes halogenated alkanes) is 1. The molecule has 242 valence electrons. The lowest BCUT2D eigenvalue weighted by Gasteiger charge is -2.16. The Labute approximate surface area is 259 Å². The third kappa shape index (κ3) is 9.48. The molecule has 0 spiro atoms. The summed E-state index contributed by atoms with van der Waals surface area (Å²) in [7, 11) is 1.49. The Morgan fingerprint density at radius 1 is 1.11 bits per heavy atom. The molecule has 2 fully saturated rings. The van der Waals surface area contributed by atoms with Crippen molar-refractivity contribution in [1.82, 2.24) is 14.7 Å². The highest BCUT2D eigenvalue weighted by atomic mass is 19.3. The average Bonchev–Trinajstić information content (AvgIpc) is 3.96. The highest BCUT2D eigenvalue weighted by Crippen LogP contribution is 2.50. The predicted octanol–water partition coefficient (Wildman–Crippen LogP) is 7.43. The zero-order valence-electron chi connectivity index (χ0n) is 26.7. The lowest BCUT2D eigenvalue weighted by Crippen LogP contribution is -2.20. The Morgan fingerprint density at radius 2 is 1.80 bits per heavy atom. The van der Waals surface area contributed by atoms with Crippen LogP contribution in [0.2, 0.25) is 0 Å². The minimum atomic E-state index is -2.93. The van der Waals surface area contributed by atoms with Gasteiger partial charge in [0.2, 0.25) is 6.41 Å². The van der Waals surface area contributed by atoms with E-state index in [1.165, 1.54) is 20.0 Å². The standard InChI is InChI=1S/C24H26F2N2O3.C6H14O.C4H7NO/c1-4-5-6-21(29)24(8-9-24)17-7-10-28-18(14-27-22(28)13-17)16-11-19(30-3)15(2)20(12-16)31-23(25)26;1-3-5-7-6-4-2;6-3-5-4-1-2-4/h7,10-14,23H,4-6,8-9H2,1-3H3;3-6H2,1-2H3;3-4H,1-2H2,(H,5,6). The normalized spacial score (nSPS) is 14.6. The molecule has 3 aromatic rings. The summed E-state index contributed by atoms with van der Waals surface area (Å²) in [6.45, 7) is 6.92. The van der Waals surface area contributed by atoms with Crippen molar-refractivity contribution in [3.8, 4) is 22.8 Å². The van der Waals surface area contributed by atoms with Crippen LogP contribution in [0.25, 0.3) is 16.9 Å². The second kappa shape index (κ2) is 17.1. The van der Waals surface area contributed by atoms with E-state index in [0.29, 0.717) is 40.8 Å². The molecule has 2 aromatic heterocycles. The third-order valence-electron chi connectivity index (χ3n) is 7.73. The number of Topliss-reactive ketones (excluding diaryl/α,β-unsaturated/α-hetero) is 1. The number of nitrogens with one attached hydrogen (secondary N) is 1. The molecule has 8 nitrogen and oxygen atoms in total. The first-order chi connectivity index (χ1) is 21.2. The first-order valence-electron chi connectivity index (χ1n) is 15.7. The molecular weight excluding hydrogens is 568 g/mol. The summed E-state index contributed by atoms with van der Waals surface area (Å²) in [6, 6.07) is 7.81. The van der Waals surface area contributed by atoms with E-state index in [-0.39, 0.29) is 11.2 Å². The zero-order chi connectivity index (χ0) is 32.1. The second-order valence-electron chi connectivity index (χ2n) is 11.2. The second-order valence-corrected chi connectivity index (χ2v) is 11.2. The number of ether oxygens (including phenoxy) is 3. The number of carbonyl (C=O) groups is 2. The number of rotatable bonds is 15. The quantitative estimate of drug-likeness (QED) is 0.141. The summed E-state index contributed by atoms with van der Waals surface area (Å²) in [5.74, 6) is 0.829. The summed E-state index contributed by atoms with van der Waals surface area (Å²) in [5.41, 5.74) is 3.22.